The van der Waals surface area contributed by atoms with Crippen molar-refractivity contribution >= 4 is 45.6 Å². The van der Waals surface area contributed by atoms with Gasteiger partial charge >= 0.3 is 35.5 Å². The van der Waals surface area contributed by atoms with Gasteiger partial charge in [0.2, 0.25) is 0 Å². The molecule has 1 N–H and O–H groups in total. The van der Waals surface area contributed by atoms with Gasteiger partial charge in [-0.1, -0.05) is 27.7 Å². The van der Waals surface area contributed by atoms with Gasteiger partial charge in [0.05, 0.1) is 4.90 Å². The Hall–Kier alpha value is -0.400. The molecule has 1 rings (SSSR count). The van der Waals surface area contributed by atoms with Gasteiger partial charge in [-0.05, 0) is 42.0 Å². The Bertz CT molecular complexity index is 587. The van der Waals surface area contributed by atoms with Crippen molar-refractivity contribution in [1.82, 2.24) is 0 Å². The molecule has 0 aliphatic carbocycles. The van der Waals surface area contributed by atoms with Gasteiger partial charge in [-0.3, -0.25) is 9.35 Å². The topological polar surface area (TPSA) is 80.7 Å². The first-order chi connectivity index (χ1) is 9.47. The van der Waals surface area contributed by atoms with E-state index in [0.717, 1.165) is 6.42 Å². The fraction of sp³-hybridized carbons (Fsp3) is 0.533. The van der Waals surface area contributed by atoms with Crippen LogP contribution in [-0.4, -0.2) is 48.5 Å². The normalized spacial score (nSPS) is 13.1. The number of hydrogen-bond donors (Lipinski definition) is 1. The molecule has 0 aliphatic heterocycles. The quantitative estimate of drug-likeness (QED) is 0.386. The van der Waals surface area contributed by atoms with Gasteiger partial charge < -0.3 is 4.74 Å². The van der Waals surface area contributed by atoms with E-state index >= 15 is 0 Å². The summed E-state index contributed by atoms with van der Waals surface area (Å²) < 4.78 is 35.8. The predicted octanol–water partition coefficient (Wildman–Crippen LogP) is 2.65. The molecule has 0 bridgehead atoms. The van der Waals surface area contributed by atoms with Crippen molar-refractivity contribution < 1.29 is 22.5 Å². The first-order valence-electron chi connectivity index (χ1n) is 6.75. The molecule has 1 aromatic carbocycles. The molecule has 0 fully saturated rings. The number of carbonyl (C=O) groups excluding carboxylic acids is 1. The van der Waals surface area contributed by atoms with E-state index in [1.165, 1.54) is 24.3 Å². The summed E-state index contributed by atoms with van der Waals surface area (Å²) in [5, 5.41) is 0. The van der Waals surface area contributed by atoms with Crippen LogP contribution in [0.2, 0.25) is 0 Å². The molecule has 0 amide bonds. The van der Waals surface area contributed by atoms with Crippen LogP contribution in [0.15, 0.2) is 29.2 Å². The molecule has 1 aromatic rings. The molecule has 0 radical (unpaired) electrons. The monoisotopic (exact) mass is 338 g/mol. The van der Waals surface area contributed by atoms with Crippen LogP contribution in [0.4, 0.5) is 0 Å². The van der Waals surface area contributed by atoms with E-state index in [2.05, 4.69) is 20.8 Å². The molecule has 1 atom stereocenters. The van der Waals surface area contributed by atoms with Gasteiger partial charge in [0.1, 0.15) is 5.75 Å². The van der Waals surface area contributed by atoms with E-state index < -0.39 is 10.1 Å². The zero-order chi connectivity index (χ0) is 16.3. The summed E-state index contributed by atoms with van der Waals surface area (Å²) in [6.45, 7) is 8.34. The number of carbonyl (C=O) groups is 1. The summed E-state index contributed by atoms with van der Waals surface area (Å²) in [4.78, 5) is 11.6. The SMILES string of the molecule is CC(CC(=O)Oc1ccc(S(=O)(=O)O)cc1)CC(C)(C)C.[NaH]. The minimum absolute atomic E-state index is 0. The molecule has 120 valence electrons. The van der Waals surface area contributed by atoms with Crippen LogP contribution in [0.25, 0.3) is 0 Å². The summed E-state index contributed by atoms with van der Waals surface area (Å²) >= 11 is 0. The number of ether oxygens (including phenoxy) is 1. The number of benzene rings is 1. The van der Waals surface area contributed by atoms with Crippen molar-refractivity contribution in [3.63, 3.8) is 0 Å². The summed E-state index contributed by atoms with van der Waals surface area (Å²) in [7, 11) is -4.23. The zero-order valence-corrected chi connectivity index (χ0v) is 13.6. The molecule has 0 heterocycles. The minimum atomic E-state index is -4.23. The van der Waals surface area contributed by atoms with Crippen molar-refractivity contribution in [2.24, 2.45) is 11.3 Å². The maximum atomic E-state index is 11.8. The fourth-order valence-corrected chi connectivity index (χ4v) is 2.73. The molecule has 0 saturated carbocycles. The van der Waals surface area contributed by atoms with E-state index in [0.29, 0.717) is 6.42 Å². The molecule has 22 heavy (non-hydrogen) atoms. The van der Waals surface area contributed by atoms with E-state index in [9.17, 15) is 13.2 Å². The second kappa shape index (κ2) is 8.45. The van der Waals surface area contributed by atoms with Gasteiger partial charge in [-0.2, -0.15) is 8.42 Å². The average Bonchev–Trinajstić information content (AvgIpc) is 2.25. The van der Waals surface area contributed by atoms with Crippen molar-refractivity contribution in [3.8, 4) is 5.75 Å². The average molecular weight is 338 g/mol. The Labute approximate surface area is 154 Å². The Kier molecular flexibility index (Phi) is 8.30. The molecule has 7 heteroatoms. The Balaban J connectivity index is 0.00000441. The van der Waals surface area contributed by atoms with Crippen LogP contribution in [0.5, 0.6) is 5.75 Å². The van der Waals surface area contributed by atoms with Crippen LogP contribution in [0.3, 0.4) is 0 Å². The summed E-state index contributed by atoms with van der Waals surface area (Å²) in [6, 6.07) is 5.07. The number of esters is 1. The maximum absolute atomic E-state index is 11.8. The second-order valence-corrected chi connectivity index (χ2v) is 7.92. The molecular weight excluding hydrogens is 315 g/mol. The Morgan fingerprint density at radius 3 is 2.14 bits per heavy atom. The van der Waals surface area contributed by atoms with Crippen LogP contribution < -0.4 is 4.74 Å². The summed E-state index contributed by atoms with van der Waals surface area (Å²) in [5.41, 5.74) is 0.150. The fourth-order valence-electron chi connectivity index (χ4n) is 2.25. The van der Waals surface area contributed by atoms with E-state index in [1.807, 2.05) is 6.92 Å². The van der Waals surface area contributed by atoms with Gasteiger partial charge in [-0.25, -0.2) is 0 Å². The third kappa shape index (κ3) is 8.29. The summed E-state index contributed by atoms with van der Waals surface area (Å²) in [6.07, 6.45) is 1.21. The number of rotatable bonds is 5. The van der Waals surface area contributed by atoms with Crippen molar-refractivity contribution in [1.29, 1.82) is 0 Å². The van der Waals surface area contributed by atoms with Crippen molar-refractivity contribution in [3.05, 3.63) is 24.3 Å². The van der Waals surface area contributed by atoms with Gasteiger partial charge in [0, 0.05) is 6.42 Å². The Morgan fingerprint density at radius 2 is 1.73 bits per heavy atom. The van der Waals surface area contributed by atoms with E-state index in [4.69, 9.17) is 9.29 Å². The summed E-state index contributed by atoms with van der Waals surface area (Å²) in [5.74, 6) is 0.108. The molecule has 0 saturated heterocycles. The third-order valence-corrected chi connectivity index (χ3v) is 3.70. The molecule has 1 unspecified atom stereocenters. The van der Waals surface area contributed by atoms with Crippen LogP contribution in [0, 0.1) is 11.3 Å². The molecule has 0 aromatic heterocycles. The second-order valence-electron chi connectivity index (χ2n) is 6.49. The first kappa shape index (κ1) is 21.6. The van der Waals surface area contributed by atoms with Crippen LogP contribution >= 0.6 is 0 Å². The third-order valence-electron chi connectivity index (χ3n) is 2.83. The van der Waals surface area contributed by atoms with Crippen LogP contribution in [-0.2, 0) is 14.9 Å². The number of hydrogen-bond acceptors (Lipinski definition) is 4. The standard InChI is InChI=1S/C15H22O5S.Na.H/c1-11(10-15(2,3)4)9-14(16)20-12-5-7-13(8-6-12)21(17,18)19;;/h5-8,11H,9-10H2,1-4H3,(H,17,18,19);;. The molecule has 5 nitrogen and oxygen atoms in total. The molecule has 0 spiro atoms. The predicted molar refractivity (Wildman–Crippen MR) is 86.9 cm³/mol. The van der Waals surface area contributed by atoms with Crippen molar-refractivity contribution in [2.45, 2.75) is 45.4 Å². The van der Waals surface area contributed by atoms with Gasteiger partial charge in [0.25, 0.3) is 10.1 Å². The molecular formula is C15H23NaO5S. The van der Waals surface area contributed by atoms with Gasteiger partial charge in [-0.15, -0.1) is 0 Å². The van der Waals surface area contributed by atoms with Crippen molar-refractivity contribution in [2.75, 3.05) is 0 Å². The van der Waals surface area contributed by atoms with E-state index in [1.54, 1.807) is 0 Å². The zero-order valence-electron chi connectivity index (χ0n) is 12.8. The molecule has 0 aliphatic rings. The Morgan fingerprint density at radius 1 is 1.23 bits per heavy atom. The van der Waals surface area contributed by atoms with Crippen LogP contribution in [0.1, 0.15) is 40.5 Å². The van der Waals surface area contributed by atoms with Gasteiger partial charge in [0.15, 0.2) is 0 Å². The van der Waals surface area contributed by atoms with E-state index in [-0.39, 0.29) is 57.5 Å². The first-order valence-corrected chi connectivity index (χ1v) is 8.19.